The molecule has 0 radical (unpaired) electrons. The van der Waals surface area contributed by atoms with E-state index in [2.05, 4.69) is 138 Å². The van der Waals surface area contributed by atoms with Gasteiger partial charge in [-0.2, -0.15) is 8.75 Å². The second-order valence-electron chi connectivity index (χ2n) is 19.7. The number of rotatable bonds is 26. The Bertz CT molecular complexity index is 2860. The Morgan fingerprint density at radius 2 is 0.803 bits per heavy atom. The van der Waals surface area contributed by atoms with Gasteiger partial charge in [-0.3, -0.25) is 0 Å². The Hall–Kier alpha value is -4.26. The summed E-state index contributed by atoms with van der Waals surface area (Å²) in [4.78, 5) is 21.3. The van der Waals surface area contributed by atoms with Gasteiger partial charge < -0.3 is 9.80 Å². The lowest BCUT2D eigenvalue weighted by molar-refractivity contribution is 0.444. The average molecular weight is 1040 g/mol. The van der Waals surface area contributed by atoms with Crippen molar-refractivity contribution in [1.29, 1.82) is 0 Å². The van der Waals surface area contributed by atoms with Crippen LogP contribution in [0.4, 0.5) is 11.4 Å². The van der Waals surface area contributed by atoms with Crippen molar-refractivity contribution in [3.8, 4) is 41.8 Å². The summed E-state index contributed by atoms with van der Waals surface area (Å²) < 4.78 is 15.3. The van der Waals surface area contributed by atoms with Gasteiger partial charge in [-0.25, -0.2) is 9.97 Å². The number of thiophene rings is 4. The predicted octanol–water partition coefficient (Wildman–Crippen LogP) is 19.6. The number of fused-ring (bicyclic) bond motifs is 4. The van der Waals surface area contributed by atoms with Crippen LogP contribution in [0.2, 0.25) is 0 Å². The number of hydrogen-bond acceptors (Lipinski definition) is 11. The van der Waals surface area contributed by atoms with Gasteiger partial charge in [0.05, 0.1) is 23.1 Å². The molecule has 6 aromatic heterocycles. The van der Waals surface area contributed by atoms with Crippen LogP contribution in [0.15, 0.2) is 72.8 Å². The molecule has 71 heavy (non-hydrogen) atoms. The third-order valence-corrected chi connectivity index (χ3v) is 20.0. The number of hydrogen-bond donors (Lipinski definition) is 0. The molecule has 3 aromatic carbocycles. The SMILES string of the molecule is CCCCC(CC)CN(CCCC)c1ccc(-c2cc3sc(-c4c5nsnc5c(-c5cc6sc(-c7ccc(N(CCCC)CC(CC)CCCC)cc7)cc6s5)c5nc(CC)c(CC)nc45)cc3s2)cc1. The molecular weight excluding hydrogens is 965 g/mol. The van der Waals surface area contributed by atoms with Crippen LogP contribution in [0.5, 0.6) is 0 Å². The smallest absolute Gasteiger partial charge is 0.116 e. The molecule has 2 unspecified atom stereocenters. The van der Waals surface area contributed by atoms with E-state index < -0.39 is 0 Å². The quantitative estimate of drug-likeness (QED) is 0.0539. The van der Waals surface area contributed by atoms with Gasteiger partial charge in [-0.05, 0) is 110 Å². The van der Waals surface area contributed by atoms with Crippen molar-refractivity contribution < 1.29 is 0 Å². The first-order valence-electron chi connectivity index (χ1n) is 27.1. The van der Waals surface area contributed by atoms with E-state index in [9.17, 15) is 0 Å². The number of aromatic nitrogens is 4. The lowest BCUT2D eigenvalue weighted by atomic mass is 9.98. The molecule has 6 nitrogen and oxygen atoms in total. The van der Waals surface area contributed by atoms with E-state index in [4.69, 9.17) is 18.7 Å². The van der Waals surface area contributed by atoms with Crippen LogP contribution in [0, 0.1) is 11.8 Å². The summed E-state index contributed by atoms with van der Waals surface area (Å²) in [5, 5.41) is 0. The maximum atomic E-state index is 5.50. The van der Waals surface area contributed by atoms with Gasteiger partial charge in [-0.1, -0.05) is 131 Å². The van der Waals surface area contributed by atoms with Crippen LogP contribution in [0.1, 0.15) is 144 Å². The average Bonchev–Trinajstić information content (AvgIpc) is 4.26. The molecule has 9 rings (SSSR count). The van der Waals surface area contributed by atoms with Gasteiger partial charge in [0.15, 0.2) is 0 Å². The van der Waals surface area contributed by atoms with E-state index in [0.717, 1.165) is 95.4 Å². The molecular formula is C60H74N6S5. The highest BCUT2D eigenvalue weighted by Gasteiger charge is 2.27. The lowest BCUT2D eigenvalue weighted by Gasteiger charge is -2.29. The van der Waals surface area contributed by atoms with Gasteiger partial charge in [0.1, 0.15) is 22.1 Å². The Morgan fingerprint density at radius 3 is 1.15 bits per heavy atom. The minimum Gasteiger partial charge on any atom is -0.371 e. The fourth-order valence-corrected chi connectivity index (χ4v) is 15.8. The first-order chi connectivity index (χ1) is 34.8. The van der Waals surface area contributed by atoms with E-state index in [0.29, 0.717) is 0 Å². The number of benzene rings is 3. The molecule has 0 amide bonds. The summed E-state index contributed by atoms with van der Waals surface area (Å²) in [5.74, 6) is 1.49. The zero-order chi connectivity index (χ0) is 49.4. The molecule has 0 saturated heterocycles. The Labute approximate surface area is 443 Å². The van der Waals surface area contributed by atoms with E-state index >= 15 is 0 Å². The number of nitrogens with zero attached hydrogens (tertiary/aromatic N) is 6. The Kier molecular flexibility index (Phi) is 17.6. The summed E-state index contributed by atoms with van der Waals surface area (Å²) in [6.45, 7) is 22.9. The van der Waals surface area contributed by atoms with Crippen molar-refractivity contribution in [3.63, 3.8) is 0 Å². The fourth-order valence-electron chi connectivity index (χ4n) is 10.3. The summed E-state index contributed by atoms with van der Waals surface area (Å²) >= 11 is 8.76. The first-order valence-corrected chi connectivity index (χ1v) is 31.1. The van der Waals surface area contributed by atoms with Crippen LogP contribution in [0.3, 0.4) is 0 Å². The Morgan fingerprint density at radius 1 is 0.437 bits per heavy atom. The highest BCUT2D eigenvalue weighted by atomic mass is 32.1. The summed E-state index contributed by atoms with van der Waals surface area (Å²) in [6, 6.07) is 28.3. The highest BCUT2D eigenvalue weighted by Crippen LogP contribution is 2.50. The summed E-state index contributed by atoms with van der Waals surface area (Å²) in [5.41, 5.74) is 13.3. The van der Waals surface area contributed by atoms with Crippen LogP contribution >= 0.6 is 57.1 Å². The zero-order valence-electron chi connectivity index (χ0n) is 43.5. The molecule has 2 atom stereocenters. The molecule has 0 fully saturated rings. The topological polar surface area (TPSA) is 58.0 Å². The normalized spacial score (nSPS) is 12.8. The van der Waals surface area contributed by atoms with Gasteiger partial charge >= 0.3 is 0 Å². The number of aryl methyl sites for hydroxylation is 2. The number of anilines is 2. The molecule has 0 saturated carbocycles. The zero-order valence-corrected chi connectivity index (χ0v) is 47.6. The second-order valence-corrected chi connectivity index (χ2v) is 24.5. The number of unbranched alkanes of at least 4 members (excludes halogenated alkanes) is 4. The largest absolute Gasteiger partial charge is 0.371 e. The van der Waals surface area contributed by atoms with Gasteiger partial charge in [0.2, 0.25) is 0 Å². The maximum absolute atomic E-state index is 5.50. The molecule has 0 aliphatic heterocycles. The maximum Gasteiger partial charge on any atom is 0.116 e. The first kappa shape index (κ1) is 51.6. The van der Waals surface area contributed by atoms with E-state index in [1.165, 1.54) is 150 Å². The van der Waals surface area contributed by atoms with Crippen molar-refractivity contribution in [3.05, 3.63) is 84.2 Å². The van der Waals surface area contributed by atoms with Crippen LogP contribution < -0.4 is 9.80 Å². The third kappa shape index (κ3) is 11.3. The van der Waals surface area contributed by atoms with Crippen molar-refractivity contribution >= 4 is 109 Å². The van der Waals surface area contributed by atoms with Crippen LogP contribution in [0.25, 0.3) is 82.6 Å². The van der Waals surface area contributed by atoms with Crippen molar-refractivity contribution in [2.75, 3.05) is 36.0 Å². The van der Waals surface area contributed by atoms with E-state index in [1.54, 1.807) is 0 Å². The summed E-state index contributed by atoms with van der Waals surface area (Å²) in [7, 11) is 0. The van der Waals surface area contributed by atoms with Crippen LogP contribution in [-0.4, -0.2) is 44.9 Å². The van der Waals surface area contributed by atoms with Gasteiger partial charge in [-0.15, -0.1) is 45.3 Å². The lowest BCUT2D eigenvalue weighted by Crippen LogP contribution is -2.30. The minimum atomic E-state index is 0.745. The summed E-state index contributed by atoms with van der Waals surface area (Å²) in [6.07, 6.45) is 16.8. The monoisotopic (exact) mass is 1040 g/mol. The molecule has 0 aliphatic carbocycles. The molecule has 11 heteroatoms. The molecule has 374 valence electrons. The van der Waals surface area contributed by atoms with Crippen molar-refractivity contribution in [1.82, 2.24) is 18.7 Å². The highest BCUT2D eigenvalue weighted by molar-refractivity contribution is 7.31. The Balaban J connectivity index is 1.02. The van der Waals surface area contributed by atoms with E-state index in [1.807, 2.05) is 45.3 Å². The molecule has 0 spiro atoms. The van der Waals surface area contributed by atoms with E-state index in [-0.39, 0.29) is 0 Å². The second kappa shape index (κ2) is 24.2. The van der Waals surface area contributed by atoms with Crippen LogP contribution in [-0.2, 0) is 12.8 Å². The third-order valence-electron chi connectivity index (χ3n) is 14.7. The predicted molar refractivity (Wildman–Crippen MR) is 318 cm³/mol. The standard InChI is InChI=1S/C60H74N6S5/c1-9-17-21-39(13-5)37-65(31-19-11-3)43-27-23-41(24-28-43)47-33-49-51(67-47)35-53(69-49)55-57-58(62-46(16-8)45(15-7)61-57)56(60-59(55)63-71-64-60)54-36-52-50(70-54)34-48(68-52)42-25-29-44(30-26-42)66(32-20-12-4)38-40(14-6)22-18-10-2/h23-30,33-36,39-40H,9-22,31-32,37-38H2,1-8H3. The van der Waals surface area contributed by atoms with Crippen molar-refractivity contribution in [2.45, 2.75) is 145 Å². The van der Waals surface area contributed by atoms with Gasteiger partial charge in [0, 0.05) is 87.0 Å². The fraction of sp³-hybridized carbons (Fsp3) is 0.467. The molecule has 0 bridgehead atoms. The van der Waals surface area contributed by atoms with Gasteiger partial charge in [0.25, 0.3) is 0 Å². The minimum absolute atomic E-state index is 0.745. The molecule has 9 aromatic rings. The molecule has 0 aliphatic rings. The molecule has 0 N–H and O–H groups in total. The van der Waals surface area contributed by atoms with Crippen molar-refractivity contribution in [2.24, 2.45) is 11.8 Å². The molecule has 6 heterocycles.